The molecule has 4 aliphatic rings. The zero-order valence-corrected chi connectivity index (χ0v) is 11.1. The third kappa shape index (κ3) is 2.96. The van der Waals surface area contributed by atoms with Crippen LogP contribution in [-0.2, 0) is 0 Å². The molecule has 0 heterocycles. The van der Waals surface area contributed by atoms with Gasteiger partial charge in [-0.25, -0.2) is 0 Å². The van der Waals surface area contributed by atoms with E-state index in [1.165, 1.54) is 23.7 Å². The van der Waals surface area contributed by atoms with Crippen molar-refractivity contribution in [2.45, 2.75) is 38.5 Å². The van der Waals surface area contributed by atoms with Crippen molar-refractivity contribution in [1.29, 1.82) is 0 Å². The second-order valence-corrected chi connectivity index (χ2v) is 6.59. The SMILES string of the molecule is C1C2CC3CC1CC(C2)C3.Oc1cc(O)cc(O)c1. The van der Waals surface area contributed by atoms with Crippen LogP contribution < -0.4 is 0 Å². The first-order chi connectivity index (χ1) is 9.08. The molecule has 5 rings (SSSR count). The van der Waals surface area contributed by atoms with Crippen molar-refractivity contribution in [2.24, 2.45) is 23.7 Å². The fraction of sp³-hybridized carbons (Fsp3) is 0.625. The molecule has 4 bridgehead atoms. The molecule has 104 valence electrons. The molecule has 3 N–H and O–H groups in total. The molecule has 19 heavy (non-hydrogen) atoms. The summed E-state index contributed by atoms with van der Waals surface area (Å²) in [5.74, 6) is 4.27. The average Bonchev–Trinajstić information content (AvgIpc) is 2.25. The van der Waals surface area contributed by atoms with Crippen LogP contribution in [-0.4, -0.2) is 15.3 Å². The van der Waals surface area contributed by atoms with Gasteiger partial charge in [0.2, 0.25) is 0 Å². The van der Waals surface area contributed by atoms with Gasteiger partial charge >= 0.3 is 0 Å². The van der Waals surface area contributed by atoms with E-state index >= 15 is 0 Å². The number of hydrogen-bond donors (Lipinski definition) is 3. The first-order valence-corrected chi connectivity index (χ1v) is 7.30. The van der Waals surface area contributed by atoms with Crippen LogP contribution in [0.4, 0.5) is 0 Å². The largest absolute Gasteiger partial charge is 0.508 e. The standard InChI is InChI=1S/C10H16.C6H6O3/c1-7-2-9-4-8(1)5-10(3-7)6-9;7-4-1-5(8)3-6(9)2-4/h7-10H,1-6H2;1-3,7-9H. The van der Waals surface area contributed by atoms with Crippen molar-refractivity contribution in [3.8, 4) is 17.2 Å². The Morgan fingerprint density at radius 3 is 0.947 bits per heavy atom. The zero-order valence-electron chi connectivity index (χ0n) is 11.1. The van der Waals surface area contributed by atoms with Crippen LogP contribution in [0.3, 0.4) is 0 Å². The lowest BCUT2D eigenvalue weighted by Gasteiger charge is -2.49. The summed E-state index contributed by atoms with van der Waals surface area (Å²) in [7, 11) is 0. The topological polar surface area (TPSA) is 60.7 Å². The summed E-state index contributed by atoms with van der Waals surface area (Å²) >= 11 is 0. The van der Waals surface area contributed by atoms with E-state index in [2.05, 4.69) is 0 Å². The fourth-order valence-electron chi connectivity index (χ4n) is 4.56. The summed E-state index contributed by atoms with van der Waals surface area (Å²) in [6, 6.07) is 3.42. The highest BCUT2D eigenvalue weighted by molar-refractivity contribution is 5.39. The van der Waals surface area contributed by atoms with Crippen LogP contribution in [0.15, 0.2) is 18.2 Å². The van der Waals surface area contributed by atoms with Crippen molar-refractivity contribution < 1.29 is 15.3 Å². The lowest BCUT2D eigenvalue weighted by molar-refractivity contribution is 0.0198. The van der Waals surface area contributed by atoms with Gasteiger partial charge in [-0.15, -0.1) is 0 Å². The minimum atomic E-state index is -0.146. The lowest BCUT2D eigenvalue weighted by Crippen LogP contribution is -2.38. The quantitative estimate of drug-likeness (QED) is 0.669. The molecule has 4 aliphatic carbocycles. The van der Waals surface area contributed by atoms with Crippen molar-refractivity contribution in [1.82, 2.24) is 0 Å². The highest BCUT2D eigenvalue weighted by Crippen LogP contribution is 2.53. The number of rotatable bonds is 0. The minimum absolute atomic E-state index is 0.146. The van der Waals surface area contributed by atoms with Gasteiger partial charge in [-0.3, -0.25) is 0 Å². The fourth-order valence-corrected chi connectivity index (χ4v) is 4.56. The smallest absolute Gasteiger partial charge is 0.122 e. The summed E-state index contributed by atoms with van der Waals surface area (Å²) in [5.41, 5.74) is 0. The molecule has 0 atom stereocenters. The summed E-state index contributed by atoms with van der Waals surface area (Å²) < 4.78 is 0. The molecule has 1 aromatic carbocycles. The molecule has 4 saturated carbocycles. The maximum absolute atomic E-state index is 8.67. The molecular weight excluding hydrogens is 240 g/mol. The van der Waals surface area contributed by atoms with Gasteiger partial charge in [0.15, 0.2) is 0 Å². The van der Waals surface area contributed by atoms with Crippen LogP contribution in [0.1, 0.15) is 38.5 Å². The molecule has 0 saturated heterocycles. The first kappa shape index (κ1) is 12.6. The molecule has 3 nitrogen and oxygen atoms in total. The Morgan fingerprint density at radius 1 is 0.526 bits per heavy atom. The third-order valence-corrected chi connectivity index (χ3v) is 4.89. The summed E-state index contributed by atoms with van der Waals surface area (Å²) in [6.45, 7) is 0. The average molecular weight is 262 g/mol. The van der Waals surface area contributed by atoms with Crippen molar-refractivity contribution >= 4 is 0 Å². The van der Waals surface area contributed by atoms with Crippen LogP contribution >= 0.6 is 0 Å². The maximum atomic E-state index is 8.67. The Hall–Kier alpha value is -1.38. The van der Waals surface area contributed by atoms with E-state index in [-0.39, 0.29) is 17.2 Å². The predicted octanol–water partition coefficient (Wildman–Crippen LogP) is 3.64. The monoisotopic (exact) mass is 262 g/mol. The van der Waals surface area contributed by atoms with Crippen LogP contribution in [0.25, 0.3) is 0 Å². The molecule has 3 heteroatoms. The second kappa shape index (κ2) is 4.95. The van der Waals surface area contributed by atoms with Gasteiger partial charge < -0.3 is 15.3 Å². The predicted molar refractivity (Wildman–Crippen MR) is 73.1 cm³/mol. The normalized spacial score (nSPS) is 34.7. The van der Waals surface area contributed by atoms with E-state index in [1.54, 1.807) is 38.5 Å². The molecule has 0 spiro atoms. The van der Waals surface area contributed by atoms with Crippen molar-refractivity contribution in [2.75, 3.05) is 0 Å². The summed E-state index contributed by atoms with van der Waals surface area (Å²) in [4.78, 5) is 0. The van der Waals surface area contributed by atoms with Crippen molar-refractivity contribution in [3.63, 3.8) is 0 Å². The van der Waals surface area contributed by atoms with Crippen LogP contribution in [0.2, 0.25) is 0 Å². The Balaban J connectivity index is 0.000000117. The molecule has 1 aromatic rings. The molecule has 0 radical (unpaired) electrons. The molecule has 0 aliphatic heterocycles. The summed E-state index contributed by atoms with van der Waals surface area (Å²) in [6.07, 6.45) is 9.62. The molecular formula is C16H22O3. The molecule has 0 aromatic heterocycles. The second-order valence-electron chi connectivity index (χ2n) is 6.59. The number of phenols is 3. The third-order valence-electron chi connectivity index (χ3n) is 4.89. The number of hydrogen-bond acceptors (Lipinski definition) is 3. The van der Waals surface area contributed by atoms with Gasteiger partial charge in [0.05, 0.1) is 0 Å². The Labute approximate surface area is 113 Å². The van der Waals surface area contributed by atoms with E-state index in [4.69, 9.17) is 15.3 Å². The van der Waals surface area contributed by atoms with Crippen molar-refractivity contribution in [3.05, 3.63) is 18.2 Å². The number of aromatic hydroxyl groups is 3. The van der Waals surface area contributed by atoms with E-state index in [0.29, 0.717) is 0 Å². The number of benzene rings is 1. The van der Waals surface area contributed by atoms with E-state index in [1.807, 2.05) is 0 Å². The van der Waals surface area contributed by atoms with Crippen LogP contribution in [0.5, 0.6) is 17.2 Å². The van der Waals surface area contributed by atoms with Gasteiger partial charge in [-0.05, 0) is 62.2 Å². The van der Waals surface area contributed by atoms with Gasteiger partial charge in [-0.2, -0.15) is 0 Å². The van der Waals surface area contributed by atoms with Crippen LogP contribution in [0, 0.1) is 23.7 Å². The highest BCUT2D eigenvalue weighted by Gasteiger charge is 2.41. The first-order valence-electron chi connectivity index (χ1n) is 7.30. The van der Waals surface area contributed by atoms with E-state index in [9.17, 15) is 0 Å². The van der Waals surface area contributed by atoms with Gasteiger partial charge in [0.1, 0.15) is 17.2 Å². The van der Waals surface area contributed by atoms with E-state index in [0.717, 1.165) is 18.2 Å². The Morgan fingerprint density at radius 2 is 0.737 bits per heavy atom. The molecule has 4 fully saturated rings. The van der Waals surface area contributed by atoms with Gasteiger partial charge in [-0.1, -0.05) is 0 Å². The minimum Gasteiger partial charge on any atom is -0.508 e. The summed E-state index contributed by atoms with van der Waals surface area (Å²) in [5, 5.41) is 26.0. The van der Waals surface area contributed by atoms with Gasteiger partial charge in [0, 0.05) is 18.2 Å². The van der Waals surface area contributed by atoms with E-state index < -0.39 is 0 Å². The van der Waals surface area contributed by atoms with Gasteiger partial charge in [0.25, 0.3) is 0 Å². The maximum Gasteiger partial charge on any atom is 0.122 e. The zero-order chi connectivity index (χ0) is 13.4. The lowest BCUT2D eigenvalue weighted by atomic mass is 9.56. The number of phenolic OH excluding ortho intramolecular Hbond substituents is 3. The Bertz CT molecular complexity index is 348. The highest BCUT2D eigenvalue weighted by atomic mass is 16.3. The molecule has 0 unspecified atom stereocenters. The molecule has 0 amide bonds. The Kier molecular flexibility index (Phi) is 3.29.